The number of carbonyl (C=O) groups is 1. The summed E-state index contributed by atoms with van der Waals surface area (Å²) in [5.41, 5.74) is 1.09. The summed E-state index contributed by atoms with van der Waals surface area (Å²) in [7, 11) is 0. The lowest BCUT2D eigenvalue weighted by molar-refractivity contribution is 0.122. The minimum Gasteiger partial charge on any atom is -0.445 e. The number of hydrogen-bond donors (Lipinski definition) is 1. The van der Waals surface area contributed by atoms with Crippen LogP contribution in [0.4, 0.5) is 4.79 Å². The molecule has 1 aromatic rings. The Kier molecular flexibility index (Phi) is 4.13. The van der Waals surface area contributed by atoms with Crippen molar-refractivity contribution in [2.45, 2.75) is 46.3 Å². The van der Waals surface area contributed by atoms with Crippen LogP contribution in [0.2, 0.25) is 0 Å². The van der Waals surface area contributed by atoms with Crippen molar-refractivity contribution in [2.75, 3.05) is 0 Å². The van der Waals surface area contributed by atoms with Gasteiger partial charge in [0.2, 0.25) is 0 Å². The molecule has 3 heteroatoms. The van der Waals surface area contributed by atoms with Crippen LogP contribution in [0.1, 0.15) is 39.2 Å². The Morgan fingerprint density at radius 2 is 1.95 bits per heavy atom. The van der Waals surface area contributed by atoms with Crippen LogP contribution in [0.15, 0.2) is 30.3 Å². The molecule has 3 nitrogen and oxygen atoms in total. The van der Waals surface area contributed by atoms with E-state index in [9.17, 15) is 4.79 Å². The smallest absolute Gasteiger partial charge is 0.407 e. The third kappa shape index (κ3) is 4.27. The Bertz CT molecular complexity index is 418. The summed E-state index contributed by atoms with van der Waals surface area (Å²) in [4.78, 5) is 11.9. The highest BCUT2D eigenvalue weighted by molar-refractivity contribution is 5.67. The maximum atomic E-state index is 11.9. The van der Waals surface area contributed by atoms with E-state index >= 15 is 0 Å². The first-order valence-electron chi connectivity index (χ1n) is 6.94. The zero-order chi connectivity index (χ0) is 13.9. The molecule has 1 aromatic carbocycles. The molecule has 19 heavy (non-hydrogen) atoms. The van der Waals surface area contributed by atoms with Gasteiger partial charge in [-0.15, -0.1) is 0 Å². The van der Waals surface area contributed by atoms with E-state index in [2.05, 4.69) is 26.1 Å². The van der Waals surface area contributed by atoms with Gasteiger partial charge in [0.25, 0.3) is 0 Å². The fourth-order valence-electron chi connectivity index (χ4n) is 2.36. The van der Waals surface area contributed by atoms with Crippen LogP contribution in [-0.4, -0.2) is 12.1 Å². The number of benzene rings is 1. The monoisotopic (exact) mass is 261 g/mol. The molecule has 0 spiro atoms. The second-order valence-corrected chi connectivity index (χ2v) is 6.39. The number of rotatable bonds is 4. The molecular weight excluding hydrogens is 238 g/mol. The number of alkyl carbamates (subject to hydrolysis) is 1. The van der Waals surface area contributed by atoms with Crippen molar-refractivity contribution in [3.63, 3.8) is 0 Å². The molecule has 0 aromatic heterocycles. The van der Waals surface area contributed by atoms with Crippen LogP contribution in [0.25, 0.3) is 0 Å². The number of carbonyl (C=O) groups excluding carboxylic acids is 1. The molecule has 1 saturated carbocycles. The molecule has 1 aliphatic carbocycles. The molecule has 1 amide bonds. The molecule has 1 atom stereocenters. The van der Waals surface area contributed by atoms with E-state index in [4.69, 9.17) is 4.74 Å². The van der Waals surface area contributed by atoms with Crippen LogP contribution < -0.4 is 5.32 Å². The normalized spacial score (nSPS) is 16.8. The van der Waals surface area contributed by atoms with Crippen molar-refractivity contribution in [3.8, 4) is 0 Å². The van der Waals surface area contributed by atoms with Gasteiger partial charge < -0.3 is 10.1 Å². The minimum atomic E-state index is -0.310. The number of nitrogens with one attached hydrogen (secondary N) is 1. The lowest BCUT2D eigenvalue weighted by Gasteiger charge is -2.31. The summed E-state index contributed by atoms with van der Waals surface area (Å²) in [6.45, 7) is 6.81. The van der Waals surface area contributed by atoms with Gasteiger partial charge in [0.05, 0.1) is 0 Å². The van der Waals surface area contributed by atoms with Gasteiger partial charge in [0.1, 0.15) is 6.61 Å². The fourth-order valence-corrected chi connectivity index (χ4v) is 2.36. The molecule has 0 saturated heterocycles. The van der Waals surface area contributed by atoms with Crippen molar-refractivity contribution < 1.29 is 9.53 Å². The van der Waals surface area contributed by atoms with Gasteiger partial charge in [-0.05, 0) is 29.7 Å². The predicted molar refractivity (Wildman–Crippen MR) is 75.7 cm³/mol. The van der Waals surface area contributed by atoms with Gasteiger partial charge in [-0.3, -0.25) is 0 Å². The lowest BCUT2D eigenvalue weighted by atomic mass is 9.84. The van der Waals surface area contributed by atoms with E-state index in [-0.39, 0.29) is 17.6 Å². The number of hydrogen-bond acceptors (Lipinski definition) is 2. The Hall–Kier alpha value is -1.51. The predicted octanol–water partition coefficient (Wildman–Crippen LogP) is 3.74. The van der Waals surface area contributed by atoms with E-state index in [0.717, 1.165) is 5.56 Å². The molecule has 2 rings (SSSR count). The first kappa shape index (κ1) is 13.9. The maximum Gasteiger partial charge on any atom is 0.407 e. The Balaban J connectivity index is 1.83. The highest BCUT2D eigenvalue weighted by Crippen LogP contribution is 2.40. The van der Waals surface area contributed by atoms with Gasteiger partial charge in [-0.2, -0.15) is 0 Å². The van der Waals surface area contributed by atoms with Crippen LogP contribution in [-0.2, 0) is 11.3 Å². The van der Waals surface area contributed by atoms with E-state index < -0.39 is 0 Å². The second kappa shape index (κ2) is 5.64. The van der Waals surface area contributed by atoms with Crippen LogP contribution in [0.5, 0.6) is 0 Å². The SMILES string of the molecule is CC(C)(C)C(NC(=O)OCc1ccccc1)C1CC1. The second-order valence-electron chi connectivity index (χ2n) is 6.39. The summed E-state index contributed by atoms with van der Waals surface area (Å²) < 4.78 is 5.28. The van der Waals surface area contributed by atoms with E-state index in [0.29, 0.717) is 12.5 Å². The summed E-state index contributed by atoms with van der Waals surface area (Å²) in [5, 5.41) is 3.03. The first-order valence-corrected chi connectivity index (χ1v) is 6.94. The van der Waals surface area contributed by atoms with Crippen LogP contribution in [0.3, 0.4) is 0 Å². The molecule has 1 fully saturated rings. The van der Waals surface area contributed by atoms with Crippen molar-refractivity contribution in [2.24, 2.45) is 11.3 Å². The summed E-state index contributed by atoms with van der Waals surface area (Å²) in [6.07, 6.45) is 2.11. The molecule has 104 valence electrons. The lowest BCUT2D eigenvalue weighted by Crippen LogP contribution is -2.45. The van der Waals surface area contributed by atoms with Gasteiger partial charge in [0, 0.05) is 6.04 Å². The molecule has 0 heterocycles. The topological polar surface area (TPSA) is 38.3 Å². The highest BCUT2D eigenvalue weighted by Gasteiger charge is 2.39. The molecule has 0 aliphatic heterocycles. The standard InChI is InChI=1S/C16H23NO2/c1-16(2,3)14(13-9-10-13)17-15(18)19-11-12-7-5-4-6-8-12/h4-8,13-14H,9-11H2,1-3H3,(H,17,18). The highest BCUT2D eigenvalue weighted by atomic mass is 16.5. The van der Waals surface area contributed by atoms with Gasteiger partial charge in [0.15, 0.2) is 0 Å². The number of amides is 1. The zero-order valence-electron chi connectivity index (χ0n) is 12.0. The zero-order valence-corrected chi connectivity index (χ0v) is 12.0. The molecule has 1 N–H and O–H groups in total. The van der Waals surface area contributed by atoms with E-state index in [1.165, 1.54) is 12.8 Å². The first-order chi connectivity index (χ1) is 8.97. The number of ether oxygens (including phenoxy) is 1. The summed E-state index contributed by atoms with van der Waals surface area (Å²) in [6, 6.07) is 9.95. The Morgan fingerprint density at radius 1 is 1.32 bits per heavy atom. The van der Waals surface area contributed by atoms with Crippen molar-refractivity contribution >= 4 is 6.09 Å². The fraction of sp³-hybridized carbons (Fsp3) is 0.562. The Morgan fingerprint density at radius 3 is 2.47 bits per heavy atom. The average molecular weight is 261 g/mol. The summed E-state index contributed by atoms with van der Waals surface area (Å²) >= 11 is 0. The molecular formula is C16H23NO2. The molecule has 0 bridgehead atoms. The largest absolute Gasteiger partial charge is 0.445 e. The van der Waals surface area contributed by atoms with Crippen LogP contribution in [0, 0.1) is 11.3 Å². The van der Waals surface area contributed by atoms with E-state index in [1.54, 1.807) is 0 Å². The van der Waals surface area contributed by atoms with Crippen molar-refractivity contribution in [1.29, 1.82) is 0 Å². The van der Waals surface area contributed by atoms with Gasteiger partial charge in [-0.1, -0.05) is 51.1 Å². The third-order valence-electron chi connectivity index (χ3n) is 3.51. The molecule has 0 radical (unpaired) electrons. The maximum absolute atomic E-state index is 11.9. The average Bonchev–Trinajstić information content (AvgIpc) is 3.17. The molecule has 1 aliphatic rings. The van der Waals surface area contributed by atoms with Crippen molar-refractivity contribution in [3.05, 3.63) is 35.9 Å². The third-order valence-corrected chi connectivity index (χ3v) is 3.51. The van der Waals surface area contributed by atoms with Gasteiger partial charge in [-0.25, -0.2) is 4.79 Å². The van der Waals surface area contributed by atoms with Gasteiger partial charge >= 0.3 is 6.09 Å². The Labute approximate surface area is 115 Å². The summed E-state index contributed by atoms with van der Waals surface area (Å²) in [5.74, 6) is 0.615. The van der Waals surface area contributed by atoms with E-state index in [1.807, 2.05) is 30.3 Å². The van der Waals surface area contributed by atoms with Crippen molar-refractivity contribution in [1.82, 2.24) is 5.32 Å². The minimum absolute atomic E-state index is 0.0763. The molecule has 1 unspecified atom stereocenters. The van der Waals surface area contributed by atoms with Crippen LogP contribution >= 0.6 is 0 Å². The quantitative estimate of drug-likeness (QED) is 0.896.